The van der Waals surface area contributed by atoms with Gasteiger partial charge < -0.3 is 5.11 Å². The van der Waals surface area contributed by atoms with Crippen LogP contribution < -0.4 is 0 Å². The lowest BCUT2D eigenvalue weighted by molar-refractivity contribution is 0.350. The van der Waals surface area contributed by atoms with Crippen LogP contribution in [0, 0.1) is 11.8 Å². The molecule has 1 nitrogen and oxygen atoms in total. The summed E-state index contributed by atoms with van der Waals surface area (Å²) in [5.74, 6) is 5.71. The van der Waals surface area contributed by atoms with Crippen molar-refractivity contribution >= 4 is 11.3 Å². The molecule has 0 aliphatic rings. The summed E-state index contributed by atoms with van der Waals surface area (Å²) in [5.41, 5.74) is 1.34. The second-order valence-corrected chi connectivity index (χ2v) is 4.46. The van der Waals surface area contributed by atoms with Crippen LogP contribution in [0.4, 0.5) is 0 Å². The summed E-state index contributed by atoms with van der Waals surface area (Å²) in [6.45, 7) is 2.18. The normalized spacial score (nSPS) is 9.73. The summed E-state index contributed by atoms with van der Waals surface area (Å²) in [7, 11) is 0. The molecule has 0 radical (unpaired) electrons. The quantitative estimate of drug-likeness (QED) is 0.599. The van der Waals surface area contributed by atoms with Crippen molar-refractivity contribution < 1.29 is 5.11 Å². The maximum atomic E-state index is 8.63. The molecule has 0 bridgehead atoms. The molecule has 15 heavy (non-hydrogen) atoms. The van der Waals surface area contributed by atoms with Gasteiger partial charge in [0.1, 0.15) is 6.61 Å². The molecule has 1 rings (SSSR count). The fourth-order valence-corrected chi connectivity index (χ4v) is 2.33. The Hall–Kier alpha value is -0.780. The van der Waals surface area contributed by atoms with Gasteiger partial charge >= 0.3 is 0 Å². The van der Waals surface area contributed by atoms with Crippen LogP contribution in [0.1, 0.15) is 43.0 Å². The van der Waals surface area contributed by atoms with Crippen molar-refractivity contribution in [3.05, 3.63) is 21.9 Å². The zero-order chi connectivity index (χ0) is 10.9. The first-order chi connectivity index (χ1) is 7.38. The molecule has 1 aromatic heterocycles. The molecule has 0 aliphatic heterocycles. The van der Waals surface area contributed by atoms with E-state index in [2.05, 4.69) is 30.2 Å². The van der Waals surface area contributed by atoms with Crippen LogP contribution in [0.25, 0.3) is 0 Å². The monoisotopic (exact) mass is 222 g/mol. The average molecular weight is 222 g/mol. The highest BCUT2D eigenvalue weighted by Crippen LogP contribution is 2.18. The van der Waals surface area contributed by atoms with Gasteiger partial charge in [0.25, 0.3) is 0 Å². The summed E-state index contributed by atoms with van der Waals surface area (Å²) >= 11 is 1.67. The molecule has 0 saturated heterocycles. The zero-order valence-corrected chi connectivity index (χ0v) is 10.1. The Bertz CT molecular complexity index is 330. The van der Waals surface area contributed by atoms with Crippen molar-refractivity contribution in [2.45, 2.75) is 39.0 Å². The highest BCUT2D eigenvalue weighted by molar-refractivity contribution is 7.10. The maximum Gasteiger partial charge on any atom is 0.104 e. The molecule has 1 aromatic rings. The SMILES string of the molecule is CCCCCCc1ccsc1C#CCO. The van der Waals surface area contributed by atoms with Crippen LogP contribution in [0.15, 0.2) is 11.4 Å². The lowest BCUT2D eigenvalue weighted by atomic mass is 10.1. The van der Waals surface area contributed by atoms with Crippen molar-refractivity contribution in [1.29, 1.82) is 0 Å². The number of rotatable bonds is 5. The number of hydrogen-bond donors (Lipinski definition) is 1. The first kappa shape index (κ1) is 12.3. The summed E-state index contributed by atoms with van der Waals surface area (Å²) in [5, 5.41) is 10.7. The van der Waals surface area contributed by atoms with E-state index >= 15 is 0 Å². The summed E-state index contributed by atoms with van der Waals surface area (Å²) in [6, 6.07) is 2.15. The van der Waals surface area contributed by atoms with E-state index in [0.29, 0.717) is 0 Å². The van der Waals surface area contributed by atoms with Crippen LogP contribution >= 0.6 is 11.3 Å². The summed E-state index contributed by atoms with van der Waals surface area (Å²) in [6.07, 6.45) is 6.28. The van der Waals surface area contributed by atoms with E-state index in [0.717, 1.165) is 11.3 Å². The Morgan fingerprint density at radius 3 is 2.93 bits per heavy atom. The van der Waals surface area contributed by atoms with Gasteiger partial charge in [0.05, 0.1) is 4.88 Å². The molecule has 0 unspecified atom stereocenters. The Morgan fingerprint density at radius 1 is 1.33 bits per heavy atom. The molecule has 2 heteroatoms. The lowest BCUT2D eigenvalue weighted by Gasteiger charge is -1.98. The van der Waals surface area contributed by atoms with Gasteiger partial charge in [-0.05, 0) is 29.9 Å². The highest BCUT2D eigenvalue weighted by atomic mass is 32.1. The Balaban J connectivity index is 2.43. The minimum absolute atomic E-state index is 0.0484. The standard InChI is InChI=1S/C13H18OS/c1-2-3-4-5-7-12-9-11-15-13(12)8-6-10-14/h9,11,14H,2-5,7,10H2,1H3. The van der Waals surface area contributed by atoms with E-state index in [1.54, 1.807) is 11.3 Å². The lowest BCUT2D eigenvalue weighted by Crippen LogP contribution is -1.86. The number of aliphatic hydroxyl groups is 1. The maximum absolute atomic E-state index is 8.63. The van der Waals surface area contributed by atoms with Crippen LogP contribution in [0.5, 0.6) is 0 Å². The van der Waals surface area contributed by atoms with Gasteiger partial charge in [-0.3, -0.25) is 0 Å². The van der Waals surface area contributed by atoms with Gasteiger partial charge in [-0.1, -0.05) is 38.0 Å². The van der Waals surface area contributed by atoms with Crippen LogP contribution in [0.3, 0.4) is 0 Å². The largest absolute Gasteiger partial charge is 0.384 e. The third kappa shape index (κ3) is 4.51. The van der Waals surface area contributed by atoms with E-state index in [1.165, 1.54) is 31.2 Å². The number of thiophene rings is 1. The smallest absolute Gasteiger partial charge is 0.104 e. The Kier molecular flexibility index (Phi) is 6.15. The molecular formula is C13H18OS. The van der Waals surface area contributed by atoms with Crippen LogP contribution in [-0.2, 0) is 6.42 Å². The van der Waals surface area contributed by atoms with Crippen molar-refractivity contribution in [3.8, 4) is 11.8 Å². The summed E-state index contributed by atoms with van der Waals surface area (Å²) < 4.78 is 0. The van der Waals surface area contributed by atoms with Crippen molar-refractivity contribution in [1.82, 2.24) is 0 Å². The van der Waals surface area contributed by atoms with Gasteiger partial charge in [0.15, 0.2) is 0 Å². The molecule has 1 heterocycles. The molecular weight excluding hydrogens is 204 g/mol. The molecule has 1 N–H and O–H groups in total. The predicted octanol–water partition coefficient (Wildman–Crippen LogP) is 3.21. The Labute approximate surface area is 96.1 Å². The molecule has 0 aliphatic carbocycles. The number of aliphatic hydroxyl groups excluding tert-OH is 1. The molecule has 82 valence electrons. The van der Waals surface area contributed by atoms with Crippen LogP contribution in [0.2, 0.25) is 0 Å². The zero-order valence-electron chi connectivity index (χ0n) is 9.25. The minimum Gasteiger partial charge on any atom is -0.384 e. The minimum atomic E-state index is -0.0484. The molecule has 0 amide bonds. The highest BCUT2D eigenvalue weighted by Gasteiger charge is 2.00. The van der Waals surface area contributed by atoms with E-state index < -0.39 is 0 Å². The van der Waals surface area contributed by atoms with Crippen LogP contribution in [-0.4, -0.2) is 11.7 Å². The van der Waals surface area contributed by atoms with Gasteiger partial charge in [-0.25, -0.2) is 0 Å². The first-order valence-corrected chi connectivity index (χ1v) is 6.42. The van der Waals surface area contributed by atoms with Gasteiger partial charge in [0, 0.05) is 0 Å². The molecule has 0 atom stereocenters. The van der Waals surface area contributed by atoms with Crippen molar-refractivity contribution in [2.75, 3.05) is 6.61 Å². The van der Waals surface area contributed by atoms with Gasteiger partial charge in [-0.2, -0.15) is 0 Å². The van der Waals surface area contributed by atoms with E-state index in [-0.39, 0.29) is 6.61 Å². The topological polar surface area (TPSA) is 20.2 Å². The first-order valence-electron chi connectivity index (χ1n) is 5.54. The third-order valence-electron chi connectivity index (χ3n) is 2.33. The molecule has 0 spiro atoms. The number of aryl methyl sites for hydroxylation is 1. The third-order valence-corrected chi connectivity index (χ3v) is 3.20. The second kappa shape index (κ2) is 7.50. The molecule has 0 fully saturated rings. The van der Waals surface area contributed by atoms with Crippen molar-refractivity contribution in [3.63, 3.8) is 0 Å². The van der Waals surface area contributed by atoms with E-state index in [1.807, 2.05) is 0 Å². The molecule has 0 saturated carbocycles. The Morgan fingerprint density at radius 2 is 2.20 bits per heavy atom. The second-order valence-electron chi connectivity index (χ2n) is 3.55. The van der Waals surface area contributed by atoms with Gasteiger partial charge in [-0.15, -0.1) is 11.3 Å². The van der Waals surface area contributed by atoms with Crippen molar-refractivity contribution in [2.24, 2.45) is 0 Å². The summed E-state index contributed by atoms with van der Waals surface area (Å²) in [4.78, 5) is 1.13. The van der Waals surface area contributed by atoms with Gasteiger partial charge in [0.2, 0.25) is 0 Å². The molecule has 0 aromatic carbocycles. The van der Waals surface area contributed by atoms with E-state index in [9.17, 15) is 0 Å². The fourth-order valence-electron chi connectivity index (χ4n) is 1.50. The number of hydrogen-bond acceptors (Lipinski definition) is 2. The fraction of sp³-hybridized carbons (Fsp3) is 0.538. The average Bonchev–Trinajstić information content (AvgIpc) is 2.69. The number of unbranched alkanes of at least 4 members (excludes halogenated alkanes) is 3. The van der Waals surface area contributed by atoms with E-state index in [4.69, 9.17) is 5.11 Å². The predicted molar refractivity (Wildman–Crippen MR) is 66.1 cm³/mol.